The van der Waals surface area contributed by atoms with Gasteiger partial charge in [-0.15, -0.1) is 0 Å². The van der Waals surface area contributed by atoms with Gasteiger partial charge in [0.15, 0.2) is 5.82 Å². The number of ether oxygens (including phenoxy) is 1. The van der Waals surface area contributed by atoms with Gasteiger partial charge < -0.3 is 9.64 Å². The number of rotatable bonds is 8. The first-order valence-corrected chi connectivity index (χ1v) is 10.3. The van der Waals surface area contributed by atoms with E-state index in [-0.39, 0.29) is 17.9 Å². The SMILES string of the molecule is CCCCCc1cccc(N(C)c2nc(OC3CCCC3)ncc2C(F)(F)F)c1. The molecule has 0 N–H and O–H groups in total. The largest absolute Gasteiger partial charge is 0.460 e. The van der Waals surface area contributed by atoms with Crippen LogP contribution in [0.25, 0.3) is 0 Å². The number of unbranched alkanes of at least 4 members (excludes halogenated alkanes) is 2. The summed E-state index contributed by atoms with van der Waals surface area (Å²) in [5, 5.41) is 0. The maximum Gasteiger partial charge on any atom is 0.421 e. The van der Waals surface area contributed by atoms with E-state index >= 15 is 0 Å². The molecule has 0 amide bonds. The molecule has 0 atom stereocenters. The Morgan fingerprint density at radius 2 is 1.93 bits per heavy atom. The van der Waals surface area contributed by atoms with Crippen molar-refractivity contribution >= 4 is 11.5 Å². The van der Waals surface area contributed by atoms with E-state index in [1.54, 1.807) is 13.1 Å². The highest BCUT2D eigenvalue weighted by Gasteiger charge is 2.37. The molecule has 29 heavy (non-hydrogen) atoms. The highest BCUT2D eigenvalue weighted by atomic mass is 19.4. The van der Waals surface area contributed by atoms with Crippen molar-refractivity contribution in [2.45, 2.75) is 70.6 Å². The lowest BCUT2D eigenvalue weighted by molar-refractivity contribution is -0.137. The summed E-state index contributed by atoms with van der Waals surface area (Å²) < 4.78 is 46.5. The number of hydrogen-bond acceptors (Lipinski definition) is 4. The highest BCUT2D eigenvalue weighted by Crippen LogP contribution is 2.38. The van der Waals surface area contributed by atoms with Crippen molar-refractivity contribution in [3.05, 3.63) is 41.6 Å². The number of alkyl halides is 3. The van der Waals surface area contributed by atoms with Crippen LogP contribution in [-0.4, -0.2) is 23.1 Å². The third-order valence-corrected chi connectivity index (χ3v) is 5.31. The fourth-order valence-corrected chi connectivity index (χ4v) is 3.65. The van der Waals surface area contributed by atoms with E-state index in [0.717, 1.165) is 63.1 Å². The first-order valence-electron chi connectivity index (χ1n) is 10.3. The van der Waals surface area contributed by atoms with Gasteiger partial charge in [-0.2, -0.15) is 18.2 Å². The third kappa shape index (κ3) is 5.61. The summed E-state index contributed by atoms with van der Waals surface area (Å²) in [7, 11) is 1.60. The van der Waals surface area contributed by atoms with E-state index in [2.05, 4.69) is 16.9 Å². The minimum atomic E-state index is -4.55. The average molecular weight is 407 g/mol. The smallest absolute Gasteiger partial charge is 0.421 e. The van der Waals surface area contributed by atoms with Crippen LogP contribution in [0.1, 0.15) is 63.0 Å². The monoisotopic (exact) mass is 407 g/mol. The highest BCUT2D eigenvalue weighted by molar-refractivity contribution is 5.63. The van der Waals surface area contributed by atoms with Gasteiger partial charge in [0.25, 0.3) is 0 Å². The number of benzene rings is 1. The first kappa shape index (κ1) is 21.4. The van der Waals surface area contributed by atoms with Gasteiger partial charge >= 0.3 is 12.2 Å². The molecule has 0 saturated heterocycles. The Bertz CT molecular complexity index is 804. The molecule has 1 aliphatic carbocycles. The molecule has 1 heterocycles. The topological polar surface area (TPSA) is 38.2 Å². The van der Waals surface area contributed by atoms with Crippen LogP contribution >= 0.6 is 0 Å². The van der Waals surface area contributed by atoms with Gasteiger partial charge in [0, 0.05) is 18.9 Å². The van der Waals surface area contributed by atoms with E-state index < -0.39 is 11.7 Å². The Kier molecular flexibility index (Phi) is 6.98. The second-order valence-electron chi connectivity index (χ2n) is 7.60. The molecule has 0 bridgehead atoms. The van der Waals surface area contributed by atoms with Gasteiger partial charge in [-0.1, -0.05) is 31.9 Å². The van der Waals surface area contributed by atoms with Crippen molar-refractivity contribution in [2.24, 2.45) is 0 Å². The quantitative estimate of drug-likeness (QED) is 0.480. The maximum absolute atomic E-state index is 13.6. The molecule has 0 radical (unpaired) electrons. The lowest BCUT2D eigenvalue weighted by Crippen LogP contribution is -2.21. The average Bonchev–Trinajstić information content (AvgIpc) is 3.20. The zero-order chi connectivity index (χ0) is 20.9. The zero-order valence-electron chi connectivity index (χ0n) is 17.0. The van der Waals surface area contributed by atoms with Crippen LogP contribution in [0.4, 0.5) is 24.7 Å². The van der Waals surface area contributed by atoms with Crippen LogP contribution in [0, 0.1) is 0 Å². The number of hydrogen-bond donors (Lipinski definition) is 0. The molecule has 1 aromatic carbocycles. The number of aryl methyl sites for hydroxylation is 1. The Morgan fingerprint density at radius 3 is 2.62 bits per heavy atom. The Hall–Kier alpha value is -2.31. The van der Waals surface area contributed by atoms with Gasteiger partial charge in [-0.3, -0.25) is 0 Å². The number of halogens is 3. The molecular formula is C22H28F3N3O. The fourth-order valence-electron chi connectivity index (χ4n) is 3.65. The van der Waals surface area contributed by atoms with Crippen molar-refractivity contribution in [3.63, 3.8) is 0 Å². The maximum atomic E-state index is 13.6. The molecule has 0 unspecified atom stereocenters. The Morgan fingerprint density at radius 1 is 1.17 bits per heavy atom. The van der Waals surface area contributed by atoms with E-state index in [9.17, 15) is 13.2 Å². The first-order chi connectivity index (χ1) is 13.9. The Balaban J connectivity index is 1.88. The van der Waals surface area contributed by atoms with Gasteiger partial charge in [-0.25, -0.2) is 4.98 Å². The van der Waals surface area contributed by atoms with Crippen molar-refractivity contribution in [2.75, 3.05) is 11.9 Å². The van der Waals surface area contributed by atoms with Crippen LogP contribution in [0.15, 0.2) is 30.5 Å². The van der Waals surface area contributed by atoms with Gasteiger partial charge in [0.1, 0.15) is 11.7 Å². The van der Waals surface area contributed by atoms with Crippen LogP contribution < -0.4 is 9.64 Å². The third-order valence-electron chi connectivity index (χ3n) is 5.31. The molecule has 1 saturated carbocycles. The minimum absolute atomic E-state index is 0.00542. The molecule has 0 aliphatic heterocycles. The molecule has 2 aromatic rings. The number of nitrogens with zero attached hydrogens (tertiary/aromatic N) is 3. The van der Waals surface area contributed by atoms with E-state index in [1.165, 1.54) is 4.90 Å². The lowest BCUT2D eigenvalue weighted by Gasteiger charge is -2.23. The summed E-state index contributed by atoms with van der Waals surface area (Å²) in [6, 6.07) is 7.60. The molecule has 1 fully saturated rings. The van der Waals surface area contributed by atoms with Crippen molar-refractivity contribution in [3.8, 4) is 6.01 Å². The predicted molar refractivity (Wildman–Crippen MR) is 108 cm³/mol. The van der Waals surface area contributed by atoms with Crippen LogP contribution in [-0.2, 0) is 12.6 Å². The standard InChI is InChI=1S/C22H28F3N3O/c1-3-4-5-9-16-10-8-11-17(14-16)28(2)20-19(22(23,24)25)15-26-21(27-20)29-18-12-6-7-13-18/h8,10-11,14-15,18H,3-7,9,12-13H2,1-2H3. The summed E-state index contributed by atoms with van der Waals surface area (Å²) >= 11 is 0. The fraction of sp³-hybridized carbons (Fsp3) is 0.545. The van der Waals surface area contributed by atoms with E-state index in [0.29, 0.717) is 5.69 Å². The van der Waals surface area contributed by atoms with Crippen LogP contribution in [0.3, 0.4) is 0 Å². The van der Waals surface area contributed by atoms with Gasteiger partial charge in [0.05, 0.1) is 0 Å². The second kappa shape index (κ2) is 9.46. The van der Waals surface area contributed by atoms with E-state index in [1.807, 2.05) is 18.2 Å². The summed E-state index contributed by atoms with van der Waals surface area (Å²) in [6.45, 7) is 2.14. The summed E-state index contributed by atoms with van der Waals surface area (Å²) in [4.78, 5) is 9.46. The van der Waals surface area contributed by atoms with Crippen molar-refractivity contribution in [1.82, 2.24) is 9.97 Å². The summed E-state index contributed by atoms with van der Waals surface area (Å²) in [5.41, 5.74) is 0.901. The van der Waals surface area contributed by atoms with Crippen LogP contribution in [0.5, 0.6) is 6.01 Å². The van der Waals surface area contributed by atoms with Gasteiger partial charge in [-0.05, 0) is 56.2 Å². The predicted octanol–water partition coefficient (Wildman–Crippen LogP) is 6.32. The molecule has 158 valence electrons. The molecule has 1 aromatic heterocycles. The Labute approximate surface area is 170 Å². The summed E-state index contributed by atoms with van der Waals surface area (Å²) in [5.74, 6) is -0.189. The zero-order valence-corrected chi connectivity index (χ0v) is 17.0. The van der Waals surface area contributed by atoms with E-state index in [4.69, 9.17) is 4.74 Å². The molecule has 4 nitrogen and oxygen atoms in total. The van der Waals surface area contributed by atoms with Gasteiger partial charge in [0.2, 0.25) is 0 Å². The molecular weight excluding hydrogens is 379 g/mol. The second-order valence-corrected chi connectivity index (χ2v) is 7.60. The number of aromatic nitrogens is 2. The molecule has 0 spiro atoms. The van der Waals surface area contributed by atoms with Crippen molar-refractivity contribution in [1.29, 1.82) is 0 Å². The number of anilines is 2. The molecule has 7 heteroatoms. The van der Waals surface area contributed by atoms with Crippen LogP contribution in [0.2, 0.25) is 0 Å². The molecule has 3 rings (SSSR count). The normalized spacial score (nSPS) is 14.9. The van der Waals surface area contributed by atoms with Crippen molar-refractivity contribution < 1.29 is 17.9 Å². The summed E-state index contributed by atoms with van der Waals surface area (Å²) in [6.07, 6.45) is 4.36. The lowest BCUT2D eigenvalue weighted by atomic mass is 10.1. The minimum Gasteiger partial charge on any atom is -0.460 e. The molecule has 1 aliphatic rings.